The van der Waals surface area contributed by atoms with Crippen LogP contribution in [0.15, 0.2) is 6.07 Å². The zero-order valence-corrected chi connectivity index (χ0v) is 7.74. The van der Waals surface area contributed by atoms with Crippen LogP contribution in [0.5, 0.6) is 0 Å². The Bertz CT molecular complexity index is 367. The third-order valence-corrected chi connectivity index (χ3v) is 2.20. The van der Waals surface area contributed by atoms with Gasteiger partial charge in [0.15, 0.2) is 0 Å². The number of nitrogens with zero attached hydrogens (tertiary/aromatic N) is 1. The normalized spacial score (nSPS) is 18.4. The molecule has 2 rings (SSSR count). The second-order valence-electron chi connectivity index (χ2n) is 3.43. The molecule has 5 heteroatoms. The molecule has 0 spiro atoms. The molecule has 1 aromatic rings. The first-order valence-electron chi connectivity index (χ1n) is 4.40. The van der Waals surface area contributed by atoms with E-state index in [0.29, 0.717) is 0 Å². The Labute approximate surface area is 80.4 Å². The first kappa shape index (κ1) is 8.93. The van der Waals surface area contributed by atoms with Crippen molar-refractivity contribution in [3.05, 3.63) is 17.5 Å². The highest BCUT2D eigenvalue weighted by molar-refractivity contribution is 5.89. The molecule has 1 aliphatic heterocycles. The third-order valence-electron chi connectivity index (χ3n) is 2.20. The summed E-state index contributed by atoms with van der Waals surface area (Å²) in [6, 6.07) is 1.84. The van der Waals surface area contributed by atoms with Crippen LogP contribution < -0.4 is 0 Å². The molecular formula is C9H10N2O3. The number of aryl methyl sites for hydroxylation is 1. The predicted molar refractivity (Wildman–Crippen MR) is 46.4 cm³/mol. The van der Waals surface area contributed by atoms with Crippen molar-refractivity contribution in [2.45, 2.75) is 25.7 Å². The molecule has 0 atom stereocenters. The molecule has 0 radical (unpaired) electrons. The molecule has 0 unspecified atom stereocenters. The van der Waals surface area contributed by atoms with Crippen LogP contribution in [0.1, 0.15) is 30.1 Å². The molecule has 0 bridgehead atoms. The number of nitrogens with one attached hydrogen (secondary N) is 1. The third kappa shape index (κ3) is 1.66. The summed E-state index contributed by atoms with van der Waals surface area (Å²) in [6.07, 6.45) is 0.464. The van der Waals surface area contributed by atoms with Crippen molar-refractivity contribution in [2.24, 2.45) is 0 Å². The van der Waals surface area contributed by atoms with Crippen LogP contribution in [-0.2, 0) is 14.3 Å². The molecule has 1 N–H and O–H groups in total. The molecule has 0 amide bonds. The highest BCUT2D eigenvalue weighted by Crippen LogP contribution is 2.26. The van der Waals surface area contributed by atoms with Gasteiger partial charge in [-0.1, -0.05) is 0 Å². The van der Waals surface area contributed by atoms with E-state index in [1.807, 2.05) is 13.0 Å². The molecule has 1 aliphatic rings. The number of carbonyl (C=O) groups is 2. The van der Waals surface area contributed by atoms with Crippen LogP contribution in [0.2, 0.25) is 0 Å². The van der Waals surface area contributed by atoms with E-state index in [0.717, 1.165) is 11.4 Å². The first-order valence-corrected chi connectivity index (χ1v) is 4.40. The highest BCUT2D eigenvalue weighted by atomic mass is 16.6. The smallest absolute Gasteiger partial charge is 0.314 e. The lowest BCUT2D eigenvalue weighted by Gasteiger charge is -2.17. The van der Waals surface area contributed by atoms with Crippen molar-refractivity contribution < 1.29 is 14.3 Å². The van der Waals surface area contributed by atoms with Gasteiger partial charge in [-0.2, -0.15) is 5.10 Å². The zero-order valence-electron chi connectivity index (χ0n) is 7.74. The Morgan fingerprint density at radius 1 is 1.43 bits per heavy atom. The molecule has 0 aliphatic carbocycles. The fourth-order valence-corrected chi connectivity index (χ4v) is 1.54. The van der Waals surface area contributed by atoms with Crippen LogP contribution >= 0.6 is 0 Å². The maximum absolute atomic E-state index is 11.0. The first-order chi connectivity index (χ1) is 6.65. The molecule has 2 heterocycles. The molecule has 74 valence electrons. The van der Waals surface area contributed by atoms with Gasteiger partial charge in [0.05, 0.1) is 18.5 Å². The molecule has 1 fully saturated rings. The van der Waals surface area contributed by atoms with E-state index < -0.39 is 11.9 Å². The number of hydrogen-bond acceptors (Lipinski definition) is 4. The van der Waals surface area contributed by atoms with Crippen molar-refractivity contribution in [1.29, 1.82) is 0 Å². The minimum absolute atomic E-state index is 0.131. The Balaban J connectivity index is 2.18. The minimum Gasteiger partial charge on any atom is -0.393 e. The lowest BCUT2D eigenvalue weighted by Crippen LogP contribution is -2.24. The fraction of sp³-hybridized carbons (Fsp3) is 0.444. The second-order valence-corrected chi connectivity index (χ2v) is 3.43. The van der Waals surface area contributed by atoms with Gasteiger partial charge in [-0.25, -0.2) is 0 Å². The van der Waals surface area contributed by atoms with Gasteiger partial charge in [-0.3, -0.25) is 14.7 Å². The molecular weight excluding hydrogens is 184 g/mol. The van der Waals surface area contributed by atoms with Crippen molar-refractivity contribution >= 4 is 11.9 Å². The number of cyclic esters (lactones) is 2. The number of hydrogen-bond donors (Lipinski definition) is 1. The fourth-order valence-electron chi connectivity index (χ4n) is 1.54. The van der Waals surface area contributed by atoms with E-state index in [4.69, 9.17) is 0 Å². The van der Waals surface area contributed by atoms with Gasteiger partial charge in [0, 0.05) is 11.6 Å². The van der Waals surface area contributed by atoms with Gasteiger partial charge < -0.3 is 4.74 Å². The van der Waals surface area contributed by atoms with E-state index in [1.54, 1.807) is 0 Å². The van der Waals surface area contributed by atoms with Gasteiger partial charge in [0.25, 0.3) is 0 Å². The highest BCUT2D eigenvalue weighted by Gasteiger charge is 2.29. The van der Waals surface area contributed by atoms with Gasteiger partial charge in [0.1, 0.15) is 0 Å². The Morgan fingerprint density at radius 3 is 2.57 bits per heavy atom. The Hall–Kier alpha value is -1.65. The van der Waals surface area contributed by atoms with Gasteiger partial charge in [-0.15, -0.1) is 0 Å². The van der Waals surface area contributed by atoms with Crippen LogP contribution in [-0.4, -0.2) is 22.1 Å². The average molecular weight is 194 g/mol. The molecule has 0 saturated carbocycles. The Kier molecular flexibility index (Phi) is 2.07. The van der Waals surface area contributed by atoms with E-state index >= 15 is 0 Å². The zero-order chi connectivity index (χ0) is 10.1. The van der Waals surface area contributed by atoms with Crippen LogP contribution in [0, 0.1) is 6.92 Å². The molecule has 1 aromatic heterocycles. The summed E-state index contributed by atoms with van der Waals surface area (Å²) in [5, 5.41) is 6.81. The van der Waals surface area contributed by atoms with Gasteiger partial charge in [-0.05, 0) is 13.0 Å². The largest absolute Gasteiger partial charge is 0.393 e. The number of aromatic nitrogens is 2. The number of rotatable bonds is 1. The number of carbonyl (C=O) groups excluding carboxylic acids is 2. The monoisotopic (exact) mass is 194 g/mol. The number of H-pyrrole nitrogens is 1. The van der Waals surface area contributed by atoms with Crippen LogP contribution in [0.25, 0.3) is 0 Å². The summed E-state index contributed by atoms with van der Waals surface area (Å²) in [6.45, 7) is 1.87. The van der Waals surface area contributed by atoms with E-state index in [-0.39, 0.29) is 18.8 Å². The topological polar surface area (TPSA) is 72.1 Å². The van der Waals surface area contributed by atoms with Crippen LogP contribution in [0.3, 0.4) is 0 Å². The van der Waals surface area contributed by atoms with Crippen molar-refractivity contribution in [3.63, 3.8) is 0 Å². The quantitative estimate of drug-likeness (QED) is 0.526. The molecule has 5 nitrogen and oxygen atoms in total. The summed E-state index contributed by atoms with van der Waals surface area (Å²) < 4.78 is 4.43. The lowest BCUT2D eigenvalue weighted by molar-refractivity contribution is -0.164. The van der Waals surface area contributed by atoms with Crippen molar-refractivity contribution in [2.75, 3.05) is 0 Å². The van der Waals surface area contributed by atoms with E-state index in [1.165, 1.54) is 0 Å². The molecule has 14 heavy (non-hydrogen) atoms. The summed E-state index contributed by atoms with van der Waals surface area (Å²) in [4.78, 5) is 22.0. The van der Waals surface area contributed by atoms with Crippen molar-refractivity contribution in [3.8, 4) is 0 Å². The maximum atomic E-state index is 11.0. The maximum Gasteiger partial charge on any atom is 0.314 e. The van der Waals surface area contributed by atoms with E-state index in [9.17, 15) is 9.59 Å². The number of aromatic amines is 1. The van der Waals surface area contributed by atoms with Gasteiger partial charge >= 0.3 is 11.9 Å². The SMILES string of the molecule is Cc1cc(C2CC(=O)OC(=O)C2)n[nH]1. The molecule has 0 aromatic carbocycles. The summed E-state index contributed by atoms with van der Waals surface area (Å²) in [5.74, 6) is -1.06. The summed E-state index contributed by atoms with van der Waals surface area (Å²) >= 11 is 0. The molecule has 1 saturated heterocycles. The number of ether oxygens (including phenoxy) is 1. The van der Waals surface area contributed by atoms with Crippen molar-refractivity contribution in [1.82, 2.24) is 10.2 Å². The van der Waals surface area contributed by atoms with E-state index in [2.05, 4.69) is 14.9 Å². The van der Waals surface area contributed by atoms with Crippen LogP contribution in [0.4, 0.5) is 0 Å². The Morgan fingerprint density at radius 2 is 2.07 bits per heavy atom. The average Bonchev–Trinajstić information content (AvgIpc) is 2.50. The minimum atomic E-state index is -0.466. The number of esters is 2. The van der Waals surface area contributed by atoms with Gasteiger partial charge in [0.2, 0.25) is 0 Å². The summed E-state index contributed by atoms with van der Waals surface area (Å²) in [5.41, 5.74) is 1.68. The predicted octanol–water partition coefficient (Wildman–Crippen LogP) is 0.665. The summed E-state index contributed by atoms with van der Waals surface area (Å²) in [7, 11) is 0. The lowest BCUT2D eigenvalue weighted by atomic mass is 9.96. The second kappa shape index (κ2) is 3.25. The standard InChI is InChI=1S/C9H10N2O3/c1-5-2-7(11-10-5)6-3-8(12)14-9(13)4-6/h2,6H,3-4H2,1H3,(H,10,11).